The highest BCUT2D eigenvalue weighted by atomic mass is 16.5. The van der Waals surface area contributed by atoms with E-state index in [2.05, 4.69) is 5.32 Å². The van der Waals surface area contributed by atoms with Crippen LogP contribution in [-0.2, 0) is 0 Å². The Morgan fingerprint density at radius 1 is 1.47 bits per heavy atom. The molecule has 1 rings (SSSR count). The van der Waals surface area contributed by atoms with E-state index in [9.17, 15) is 9.90 Å². The number of nitrogens with one attached hydrogen (secondary N) is 1. The number of benzene rings is 1. The van der Waals surface area contributed by atoms with Gasteiger partial charge in [0.25, 0.3) is 5.91 Å². The summed E-state index contributed by atoms with van der Waals surface area (Å²) in [7, 11) is 1.47. The third-order valence-electron chi connectivity index (χ3n) is 2.70. The zero-order valence-electron chi connectivity index (χ0n) is 11.9. The van der Waals surface area contributed by atoms with E-state index in [4.69, 9.17) is 10.5 Å². The Morgan fingerprint density at radius 2 is 2.11 bits per heavy atom. The summed E-state index contributed by atoms with van der Waals surface area (Å²) in [5.74, 6) is -0.165. The van der Waals surface area contributed by atoms with E-state index < -0.39 is 12.0 Å². The van der Waals surface area contributed by atoms with Crippen LogP contribution in [0.4, 0.5) is 0 Å². The fraction of sp³-hybridized carbons (Fsp3) is 0.500. The molecule has 1 aromatic rings. The Labute approximate surface area is 113 Å². The molecule has 1 atom stereocenters. The van der Waals surface area contributed by atoms with Crippen molar-refractivity contribution in [3.63, 3.8) is 0 Å². The Balaban J connectivity index is 2.89. The van der Waals surface area contributed by atoms with Gasteiger partial charge in [0, 0.05) is 12.1 Å². The predicted molar refractivity (Wildman–Crippen MR) is 74.2 cm³/mol. The average Bonchev–Trinajstić information content (AvgIpc) is 2.34. The SMILES string of the molecule is COc1ccc(C(O)CNC(C)(C)C)cc1C(N)=O. The van der Waals surface area contributed by atoms with E-state index in [0.29, 0.717) is 17.9 Å². The van der Waals surface area contributed by atoms with E-state index >= 15 is 0 Å². The number of aliphatic hydroxyl groups is 1. The van der Waals surface area contributed by atoms with Crippen molar-refractivity contribution in [2.75, 3.05) is 13.7 Å². The molecule has 0 aliphatic rings. The molecular weight excluding hydrogens is 244 g/mol. The van der Waals surface area contributed by atoms with Crippen LogP contribution in [0.2, 0.25) is 0 Å². The van der Waals surface area contributed by atoms with Crippen molar-refractivity contribution >= 4 is 5.91 Å². The lowest BCUT2D eigenvalue weighted by Crippen LogP contribution is -2.38. The molecule has 19 heavy (non-hydrogen) atoms. The number of primary amides is 1. The van der Waals surface area contributed by atoms with E-state index in [-0.39, 0.29) is 11.1 Å². The van der Waals surface area contributed by atoms with E-state index in [1.807, 2.05) is 20.8 Å². The number of aliphatic hydroxyl groups excluding tert-OH is 1. The maximum absolute atomic E-state index is 11.3. The fourth-order valence-corrected chi connectivity index (χ4v) is 1.65. The van der Waals surface area contributed by atoms with Crippen LogP contribution in [0, 0.1) is 0 Å². The fourth-order valence-electron chi connectivity index (χ4n) is 1.65. The monoisotopic (exact) mass is 266 g/mol. The second-order valence-corrected chi connectivity index (χ2v) is 5.47. The third kappa shape index (κ3) is 4.54. The second kappa shape index (κ2) is 6.04. The van der Waals surface area contributed by atoms with Crippen LogP contribution in [-0.4, -0.2) is 30.2 Å². The summed E-state index contributed by atoms with van der Waals surface area (Å²) in [6, 6.07) is 4.92. The molecule has 0 heterocycles. The maximum Gasteiger partial charge on any atom is 0.252 e. The van der Waals surface area contributed by atoms with Crippen molar-refractivity contribution in [3.05, 3.63) is 29.3 Å². The first kappa shape index (κ1) is 15.5. The van der Waals surface area contributed by atoms with Crippen LogP contribution >= 0.6 is 0 Å². The van der Waals surface area contributed by atoms with Gasteiger partial charge in [-0.15, -0.1) is 0 Å². The van der Waals surface area contributed by atoms with Crippen molar-refractivity contribution in [1.82, 2.24) is 5.32 Å². The standard InChI is InChI=1S/C14H22N2O3/c1-14(2,3)16-8-11(17)9-5-6-12(19-4)10(7-9)13(15)18/h5-7,11,16-17H,8H2,1-4H3,(H2,15,18). The minimum atomic E-state index is -0.705. The van der Waals surface area contributed by atoms with E-state index in [1.54, 1.807) is 18.2 Å². The highest BCUT2D eigenvalue weighted by molar-refractivity contribution is 5.95. The highest BCUT2D eigenvalue weighted by Gasteiger charge is 2.16. The molecule has 0 saturated carbocycles. The van der Waals surface area contributed by atoms with Gasteiger partial charge in [-0.3, -0.25) is 4.79 Å². The summed E-state index contributed by atoms with van der Waals surface area (Å²) < 4.78 is 5.06. The summed E-state index contributed by atoms with van der Waals surface area (Å²) in [5, 5.41) is 13.3. The Hall–Kier alpha value is -1.59. The maximum atomic E-state index is 11.3. The molecule has 0 aliphatic heterocycles. The number of ether oxygens (including phenoxy) is 1. The molecule has 106 valence electrons. The van der Waals surface area contributed by atoms with Crippen LogP contribution in [0.5, 0.6) is 5.75 Å². The first-order valence-corrected chi connectivity index (χ1v) is 6.15. The first-order chi connectivity index (χ1) is 8.74. The van der Waals surface area contributed by atoms with Crippen molar-refractivity contribution in [3.8, 4) is 5.75 Å². The number of carbonyl (C=O) groups excluding carboxylic acids is 1. The lowest BCUT2D eigenvalue weighted by atomic mass is 10.0. The number of β-amino-alcohol motifs (C(OH)–C–C–N with tert-alkyl or cyclic N) is 1. The van der Waals surface area contributed by atoms with Gasteiger partial charge in [0.1, 0.15) is 5.75 Å². The molecule has 0 aromatic heterocycles. The number of amides is 1. The van der Waals surface area contributed by atoms with Gasteiger partial charge in [0.05, 0.1) is 18.8 Å². The first-order valence-electron chi connectivity index (χ1n) is 6.15. The quantitative estimate of drug-likeness (QED) is 0.748. The molecule has 5 nitrogen and oxygen atoms in total. The van der Waals surface area contributed by atoms with Gasteiger partial charge in [0.15, 0.2) is 0 Å². The summed E-state index contributed by atoms with van der Waals surface area (Å²) in [6.07, 6.45) is -0.705. The normalized spacial score (nSPS) is 13.1. The lowest BCUT2D eigenvalue weighted by molar-refractivity contribution is 0.0997. The van der Waals surface area contributed by atoms with E-state index in [1.165, 1.54) is 7.11 Å². The largest absolute Gasteiger partial charge is 0.496 e. The number of hydrogen-bond donors (Lipinski definition) is 3. The molecule has 0 bridgehead atoms. The summed E-state index contributed by atoms with van der Waals surface area (Å²) in [6.45, 7) is 6.45. The number of carbonyl (C=O) groups is 1. The van der Waals surface area contributed by atoms with Gasteiger partial charge in [0.2, 0.25) is 0 Å². The van der Waals surface area contributed by atoms with Gasteiger partial charge in [-0.2, -0.15) is 0 Å². The topological polar surface area (TPSA) is 84.6 Å². The Kier molecular flexibility index (Phi) is 4.91. The molecule has 1 amide bonds. The summed E-state index contributed by atoms with van der Waals surface area (Å²) in [5.41, 5.74) is 6.11. The minimum Gasteiger partial charge on any atom is -0.496 e. The molecule has 4 N–H and O–H groups in total. The molecular formula is C14H22N2O3. The Morgan fingerprint density at radius 3 is 2.58 bits per heavy atom. The van der Waals surface area contributed by atoms with Crippen molar-refractivity contribution in [2.24, 2.45) is 5.73 Å². The minimum absolute atomic E-state index is 0.0834. The molecule has 5 heteroatoms. The van der Waals surface area contributed by atoms with Crippen LogP contribution < -0.4 is 15.8 Å². The average molecular weight is 266 g/mol. The van der Waals surface area contributed by atoms with Crippen LogP contribution in [0.25, 0.3) is 0 Å². The number of hydrogen-bond acceptors (Lipinski definition) is 4. The third-order valence-corrected chi connectivity index (χ3v) is 2.70. The molecule has 0 spiro atoms. The van der Waals surface area contributed by atoms with Crippen molar-refractivity contribution in [2.45, 2.75) is 32.4 Å². The van der Waals surface area contributed by atoms with Gasteiger partial charge in [-0.25, -0.2) is 0 Å². The molecule has 1 unspecified atom stereocenters. The van der Waals surface area contributed by atoms with Crippen LogP contribution in [0.3, 0.4) is 0 Å². The van der Waals surface area contributed by atoms with Gasteiger partial charge in [-0.05, 0) is 38.5 Å². The summed E-state index contributed by atoms with van der Waals surface area (Å²) in [4.78, 5) is 11.3. The zero-order valence-corrected chi connectivity index (χ0v) is 11.9. The number of nitrogens with two attached hydrogens (primary N) is 1. The van der Waals surface area contributed by atoms with Gasteiger partial charge in [-0.1, -0.05) is 6.07 Å². The predicted octanol–water partition coefficient (Wildman–Crippen LogP) is 1.22. The Bertz CT molecular complexity index is 452. The number of rotatable bonds is 5. The molecule has 0 aliphatic carbocycles. The molecule has 0 saturated heterocycles. The van der Waals surface area contributed by atoms with E-state index in [0.717, 1.165) is 0 Å². The van der Waals surface area contributed by atoms with Crippen LogP contribution in [0.15, 0.2) is 18.2 Å². The van der Waals surface area contributed by atoms with Gasteiger partial charge < -0.3 is 20.9 Å². The van der Waals surface area contributed by atoms with Crippen LogP contribution in [0.1, 0.15) is 42.8 Å². The highest BCUT2D eigenvalue weighted by Crippen LogP contribution is 2.23. The molecule has 0 fully saturated rings. The van der Waals surface area contributed by atoms with Crippen molar-refractivity contribution < 1.29 is 14.6 Å². The zero-order chi connectivity index (χ0) is 14.6. The summed E-state index contributed by atoms with van der Waals surface area (Å²) >= 11 is 0. The van der Waals surface area contributed by atoms with Crippen molar-refractivity contribution in [1.29, 1.82) is 0 Å². The van der Waals surface area contributed by atoms with Gasteiger partial charge >= 0.3 is 0 Å². The molecule has 0 radical (unpaired) electrons. The second-order valence-electron chi connectivity index (χ2n) is 5.47. The molecule has 1 aromatic carbocycles. The number of methoxy groups -OCH3 is 1. The smallest absolute Gasteiger partial charge is 0.252 e. The lowest BCUT2D eigenvalue weighted by Gasteiger charge is -2.23.